The molecule has 0 saturated heterocycles. The molecule has 1 nitrogen and oxygen atoms in total. The van der Waals surface area contributed by atoms with Crippen molar-refractivity contribution in [2.24, 2.45) is 0 Å². The van der Waals surface area contributed by atoms with E-state index < -0.39 is 0 Å². The summed E-state index contributed by atoms with van der Waals surface area (Å²) in [5, 5.41) is 3.39. The number of hydrogen-bond acceptors (Lipinski definition) is 2. The van der Waals surface area contributed by atoms with Crippen LogP contribution in [0.4, 0.5) is 0 Å². The van der Waals surface area contributed by atoms with Crippen LogP contribution in [0.25, 0.3) is 0 Å². The zero-order valence-corrected chi connectivity index (χ0v) is 12.0. The molecule has 0 saturated carbocycles. The second-order valence-corrected chi connectivity index (χ2v) is 6.42. The van der Waals surface area contributed by atoms with E-state index in [4.69, 9.17) is 0 Å². The summed E-state index contributed by atoms with van der Waals surface area (Å²) >= 11 is 5.35. The first-order chi connectivity index (χ1) is 7.26. The van der Waals surface area contributed by atoms with Crippen molar-refractivity contribution in [1.82, 2.24) is 5.32 Å². The molecular formula is C12H20BrNS. The van der Waals surface area contributed by atoms with Crippen molar-refractivity contribution in [3.8, 4) is 0 Å². The maximum absolute atomic E-state index is 3.50. The molecule has 1 aromatic heterocycles. The highest BCUT2D eigenvalue weighted by atomic mass is 79.9. The average Bonchev–Trinajstić information content (AvgIpc) is 2.63. The first kappa shape index (κ1) is 13.2. The van der Waals surface area contributed by atoms with Gasteiger partial charge >= 0.3 is 0 Å². The summed E-state index contributed by atoms with van der Waals surface area (Å²) in [6, 6.07) is 5.07. The monoisotopic (exact) mass is 289 g/mol. The van der Waals surface area contributed by atoms with E-state index in [9.17, 15) is 0 Å². The lowest BCUT2D eigenvalue weighted by atomic mass is 10.0. The topological polar surface area (TPSA) is 12.0 Å². The molecule has 0 radical (unpaired) electrons. The maximum atomic E-state index is 3.50. The van der Waals surface area contributed by atoms with Crippen molar-refractivity contribution in [3.05, 3.63) is 20.8 Å². The standard InChI is InChI=1S/C12H20BrNS/c1-3-5-10(14-2)6-4-7-11-8-9-12(13)15-11/h8-10,14H,3-7H2,1-2H3. The van der Waals surface area contributed by atoms with Gasteiger partial charge in [-0.25, -0.2) is 0 Å². The molecule has 1 atom stereocenters. The van der Waals surface area contributed by atoms with Crippen LogP contribution in [0.3, 0.4) is 0 Å². The number of hydrogen-bond donors (Lipinski definition) is 1. The quantitative estimate of drug-likeness (QED) is 0.792. The van der Waals surface area contributed by atoms with E-state index in [-0.39, 0.29) is 0 Å². The molecule has 0 spiro atoms. The zero-order valence-electron chi connectivity index (χ0n) is 9.55. The summed E-state index contributed by atoms with van der Waals surface area (Å²) in [5.74, 6) is 0. The third kappa shape index (κ3) is 5.14. The van der Waals surface area contributed by atoms with Crippen LogP contribution in [0.1, 0.15) is 37.5 Å². The Morgan fingerprint density at radius 2 is 2.20 bits per heavy atom. The molecular weight excluding hydrogens is 270 g/mol. The number of rotatable bonds is 7. The molecule has 1 aromatic rings. The smallest absolute Gasteiger partial charge is 0.0701 e. The van der Waals surface area contributed by atoms with E-state index in [0.717, 1.165) is 0 Å². The van der Waals surface area contributed by atoms with Crippen LogP contribution in [0.5, 0.6) is 0 Å². The molecule has 1 rings (SSSR count). The van der Waals surface area contributed by atoms with Gasteiger partial charge in [0.25, 0.3) is 0 Å². The molecule has 0 aliphatic rings. The summed E-state index contributed by atoms with van der Waals surface area (Å²) < 4.78 is 1.25. The average molecular weight is 290 g/mol. The molecule has 0 aliphatic carbocycles. The molecule has 1 unspecified atom stereocenters. The van der Waals surface area contributed by atoms with Gasteiger partial charge < -0.3 is 5.32 Å². The van der Waals surface area contributed by atoms with E-state index in [1.165, 1.54) is 40.8 Å². The van der Waals surface area contributed by atoms with Crippen LogP contribution < -0.4 is 5.32 Å². The summed E-state index contributed by atoms with van der Waals surface area (Å²) in [4.78, 5) is 1.49. The molecule has 0 bridgehead atoms. The van der Waals surface area contributed by atoms with Crippen LogP contribution in [0.15, 0.2) is 15.9 Å². The number of aryl methyl sites for hydroxylation is 1. The predicted octanol–water partition coefficient (Wildman–Crippen LogP) is 4.22. The minimum atomic E-state index is 0.707. The maximum Gasteiger partial charge on any atom is 0.0701 e. The number of nitrogens with one attached hydrogen (secondary N) is 1. The SMILES string of the molecule is CCCC(CCCc1ccc(Br)s1)NC. The Hall–Kier alpha value is 0.140. The minimum Gasteiger partial charge on any atom is -0.317 e. The molecule has 1 heterocycles. The Bertz CT molecular complexity index is 272. The van der Waals surface area contributed by atoms with Crippen molar-refractivity contribution in [2.45, 2.75) is 45.1 Å². The van der Waals surface area contributed by atoms with Crippen LogP contribution >= 0.6 is 27.3 Å². The second-order valence-electron chi connectivity index (χ2n) is 3.87. The Labute approximate surface area is 105 Å². The number of thiophene rings is 1. The highest BCUT2D eigenvalue weighted by Gasteiger charge is 2.05. The van der Waals surface area contributed by atoms with Crippen LogP contribution in [-0.2, 0) is 6.42 Å². The van der Waals surface area contributed by atoms with Crippen molar-refractivity contribution < 1.29 is 0 Å². The molecule has 0 amide bonds. The second kappa shape index (κ2) is 7.42. The van der Waals surface area contributed by atoms with E-state index in [1.807, 2.05) is 11.3 Å². The first-order valence-electron chi connectivity index (χ1n) is 5.67. The number of halogens is 1. The molecule has 1 N–H and O–H groups in total. The van der Waals surface area contributed by atoms with Crippen LogP contribution in [0.2, 0.25) is 0 Å². The molecule has 3 heteroatoms. The fraction of sp³-hybridized carbons (Fsp3) is 0.667. The summed E-state index contributed by atoms with van der Waals surface area (Å²) in [7, 11) is 2.07. The van der Waals surface area contributed by atoms with Gasteiger partial charge in [-0.05, 0) is 60.8 Å². The first-order valence-corrected chi connectivity index (χ1v) is 7.28. The Balaban J connectivity index is 2.20. The van der Waals surface area contributed by atoms with E-state index >= 15 is 0 Å². The third-order valence-corrected chi connectivity index (χ3v) is 4.33. The lowest BCUT2D eigenvalue weighted by molar-refractivity contribution is 0.470. The van der Waals surface area contributed by atoms with Gasteiger partial charge in [0.1, 0.15) is 0 Å². The Morgan fingerprint density at radius 3 is 2.73 bits per heavy atom. The normalized spacial score (nSPS) is 13.0. The van der Waals surface area contributed by atoms with Crippen LogP contribution in [0, 0.1) is 0 Å². The van der Waals surface area contributed by atoms with Gasteiger partial charge in [-0.3, -0.25) is 0 Å². The lowest BCUT2D eigenvalue weighted by Gasteiger charge is -2.14. The molecule has 86 valence electrons. The highest BCUT2D eigenvalue weighted by Crippen LogP contribution is 2.23. The van der Waals surface area contributed by atoms with Crippen molar-refractivity contribution in [3.63, 3.8) is 0 Å². The summed E-state index contributed by atoms with van der Waals surface area (Å²) in [5.41, 5.74) is 0. The minimum absolute atomic E-state index is 0.707. The van der Waals surface area contributed by atoms with Crippen LogP contribution in [-0.4, -0.2) is 13.1 Å². The van der Waals surface area contributed by atoms with E-state index in [2.05, 4.69) is 47.4 Å². The fourth-order valence-corrected chi connectivity index (χ4v) is 3.32. The fourth-order valence-electron chi connectivity index (χ4n) is 1.79. The third-order valence-electron chi connectivity index (χ3n) is 2.65. The lowest BCUT2D eigenvalue weighted by Crippen LogP contribution is -2.24. The van der Waals surface area contributed by atoms with Gasteiger partial charge in [0.05, 0.1) is 3.79 Å². The van der Waals surface area contributed by atoms with Gasteiger partial charge in [0.15, 0.2) is 0 Å². The van der Waals surface area contributed by atoms with Crippen molar-refractivity contribution in [1.29, 1.82) is 0 Å². The van der Waals surface area contributed by atoms with Gasteiger partial charge in [0.2, 0.25) is 0 Å². The van der Waals surface area contributed by atoms with Crippen molar-refractivity contribution in [2.75, 3.05) is 7.05 Å². The summed E-state index contributed by atoms with van der Waals surface area (Å²) in [6.45, 7) is 2.25. The largest absolute Gasteiger partial charge is 0.317 e. The summed E-state index contributed by atoms with van der Waals surface area (Å²) in [6.07, 6.45) is 6.37. The zero-order chi connectivity index (χ0) is 11.1. The predicted molar refractivity (Wildman–Crippen MR) is 72.7 cm³/mol. The van der Waals surface area contributed by atoms with Gasteiger partial charge in [-0.15, -0.1) is 11.3 Å². The highest BCUT2D eigenvalue weighted by molar-refractivity contribution is 9.11. The Kier molecular flexibility index (Phi) is 6.53. The van der Waals surface area contributed by atoms with Gasteiger partial charge in [0, 0.05) is 10.9 Å². The van der Waals surface area contributed by atoms with Gasteiger partial charge in [-0.2, -0.15) is 0 Å². The molecule has 0 aromatic carbocycles. The van der Waals surface area contributed by atoms with E-state index in [0.29, 0.717) is 6.04 Å². The molecule has 0 fully saturated rings. The molecule has 15 heavy (non-hydrogen) atoms. The van der Waals surface area contributed by atoms with Crippen molar-refractivity contribution >= 4 is 27.3 Å². The Morgan fingerprint density at radius 1 is 1.40 bits per heavy atom. The van der Waals surface area contributed by atoms with Gasteiger partial charge in [-0.1, -0.05) is 13.3 Å². The van der Waals surface area contributed by atoms with E-state index in [1.54, 1.807) is 0 Å². The molecule has 0 aliphatic heterocycles.